The van der Waals surface area contributed by atoms with E-state index in [2.05, 4.69) is 0 Å². The van der Waals surface area contributed by atoms with Crippen LogP contribution < -0.4 is 4.74 Å². The largest absolute Gasteiger partial charge is 0.496 e. The zero-order valence-corrected chi connectivity index (χ0v) is 12.0. The molecule has 0 unspecified atom stereocenters. The lowest BCUT2D eigenvalue weighted by Gasteiger charge is -2.31. The molecule has 0 amide bonds. The van der Waals surface area contributed by atoms with Gasteiger partial charge >= 0.3 is 5.97 Å². The zero-order chi connectivity index (χ0) is 14.8. The van der Waals surface area contributed by atoms with E-state index in [1.165, 1.54) is 7.11 Å². The third-order valence-corrected chi connectivity index (χ3v) is 3.95. The van der Waals surface area contributed by atoms with Gasteiger partial charge in [0.15, 0.2) is 0 Å². The van der Waals surface area contributed by atoms with Crippen molar-refractivity contribution < 1.29 is 23.8 Å². The molecule has 1 fully saturated rings. The Kier molecular flexibility index (Phi) is 3.92. The Balaban J connectivity index is 1.98. The minimum atomic E-state index is -0.367. The molecule has 0 N–H and O–H groups in total. The second kappa shape index (κ2) is 5.85. The van der Waals surface area contributed by atoms with Crippen molar-refractivity contribution >= 4 is 11.8 Å². The van der Waals surface area contributed by atoms with Gasteiger partial charge in [-0.1, -0.05) is 12.1 Å². The number of fused-ring (bicyclic) bond motifs is 3. The predicted molar refractivity (Wildman–Crippen MR) is 74.5 cm³/mol. The second-order valence-corrected chi connectivity index (χ2v) is 5.45. The maximum atomic E-state index is 12.3. The van der Waals surface area contributed by atoms with Crippen LogP contribution in [0.2, 0.25) is 0 Å². The van der Waals surface area contributed by atoms with Crippen molar-refractivity contribution in [2.45, 2.75) is 37.9 Å². The number of carbonyl (C=O) groups is 2. The van der Waals surface area contributed by atoms with Crippen molar-refractivity contribution in [1.82, 2.24) is 0 Å². The highest BCUT2D eigenvalue weighted by atomic mass is 16.5. The number of esters is 1. The maximum Gasteiger partial charge on any atom is 0.342 e. The van der Waals surface area contributed by atoms with Crippen molar-refractivity contribution in [2.75, 3.05) is 13.7 Å². The average Bonchev–Trinajstić information content (AvgIpc) is 2.45. The van der Waals surface area contributed by atoms with E-state index in [4.69, 9.17) is 14.2 Å². The predicted octanol–water partition coefficient (Wildman–Crippen LogP) is 1.91. The van der Waals surface area contributed by atoms with Gasteiger partial charge in [0.25, 0.3) is 0 Å². The van der Waals surface area contributed by atoms with Crippen LogP contribution in [0.25, 0.3) is 0 Å². The van der Waals surface area contributed by atoms with E-state index in [1.54, 1.807) is 6.07 Å². The van der Waals surface area contributed by atoms with Crippen LogP contribution in [0.3, 0.4) is 0 Å². The summed E-state index contributed by atoms with van der Waals surface area (Å²) in [6.07, 6.45) is 1.58. The molecule has 5 heteroatoms. The van der Waals surface area contributed by atoms with E-state index in [0.717, 1.165) is 5.56 Å². The summed E-state index contributed by atoms with van der Waals surface area (Å²) in [6, 6.07) is 5.43. The highest BCUT2D eigenvalue weighted by Gasteiger charge is 2.31. The van der Waals surface area contributed by atoms with Crippen LogP contribution >= 0.6 is 0 Å². The summed E-state index contributed by atoms with van der Waals surface area (Å²) in [5, 5.41) is 0. The van der Waals surface area contributed by atoms with Gasteiger partial charge in [-0.2, -0.15) is 0 Å². The zero-order valence-electron chi connectivity index (χ0n) is 12.0. The molecule has 5 nitrogen and oxygen atoms in total. The summed E-state index contributed by atoms with van der Waals surface area (Å²) in [6.45, 7) is 0.251. The summed E-state index contributed by atoms with van der Waals surface area (Å²) in [4.78, 5) is 24.1. The summed E-state index contributed by atoms with van der Waals surface area (Å²) in [7, 11) is 1.53. The van der Waals surface area contributed by atoms with E-state index < -0.39 is 0 Å². The fourth-order valence-corrected chi connectivity index (χ4v) is 3.00. The Morgan fingerprint density at radius 1 is 1.14 bits per heavy atom. The quantitative estimate of drug-likeness (QED) is 0.739. The van der Waals surface area contributed by atoms with Gasteiger partial charge in [0, 0.05) is 25.7 Å². The third kappa shape index (κ3) is 2.93. The number of carbonyl (C=O) groups excluding carboxylic acids is 2. The molecular formula is C16H18O5. The first kappa shape index (κ1) is 14.1. The number of hydrogen-bond donors (Lipinski definition) is 0. The van der Waals surface area contributed by atoms with Crippen molar-refractivity contribution in [1.29, 1.82) is 0 Å². The smallest absolute Gasteiger partial charge is 0.342 e. The molecule has 0 radical (unpaired) electrons. The summed E-state index contributed by atoms with van der Waals surface area (Å²) in [5.41, 5.74) is 1.25. The number of methoxy groups -OCH3 is 1. The lowest BCUT2D eigenvalue weighted by atomic mass is 9.93. The van der Waals surface area contributed by atoms with Gasteiger partial charge in [-0.25, -0.2) is 4.79 Å². The Hall–Kier alpha value is -1.88. The highest BCUT2D eigenvalue weighted by molar-refractivity contribution is 5.94. The van der Waals surface area contributed by atoms with Crippen molar-refractivity contribution in [3.63, 3.8) is 0 Å². The molecule has 0 saturated carbocycles. The normalized spacial score (nSPS) is 25.8. The fraction of sp³-hybridized carbons (Fsp3) is 0.500. The minimum Gasteiger partial charge on any atom is -0.496 e. The van der Waals surface area contributed by atoms with E-state index in [1.807, 2.05) is 12.1 Å². The summed E-state index contributed by atoms with van der Waals surface area (Å²) < 4.78 is 16.5. The van der Waals surface area contributed by atoms with Gasteiger partial charge in [-0.05, 0) is 11.6 Å². The van der Waals surface area contributed by atoms with Crippen LogP contribution in [0.5, 0.6) is 5.75 Å². The molecule has 0 spiro atoms. The number of benzene rings is 1. The molecule has 2 heterocycles. The van der Waals surface area contributed by atoms with E-state index in [9.17, 15) is 9.59 Å². The van der Waals surface area contributed by atoms with Gasteiger partial charge in [0.2, 0.25) is 0 Å². The molecule has 3 rings (SSSR count). The molecule has 1 aromatic rings. The number of ketones is 1. The maximum absolute atomic E-state index is 12.3. The lowest BCUT2D eigenvalue weighted by molar-refractivity contribution is -0.136. The molecule has 0 aliphatic carbocycles. The van der Waals surface area contributed by atoms with Crippen molar-refractivity contribution in [3.05, 3.63) is 29.3 Å². The molecule has 0 aromatic heterocycles. The molecule has 1 aromatic carbocycles. The first-order chi connectivity index (χ1) is 10.2. The topological polar surface area (TPSA) is 61.8 Å². The van der Waals surface area contributed by atoms with Crippen LogP contribution in [0.15, 0.2) is 18.2 Å². The molecule has 1 saturated heterocycles. The van der Waals surface area contributed by atoms with Gasteiger partial charge < -0.3 is 14.2 Å². The summed E-state index contributed by atoms with van der Waals surface area (Å²) in [5.74, 6) is 0.345. The molecule has 2 aliphatic heterocycles. The monoisotopic (exact) mass is 290 g/mol. The van der Waals surface area contributed by atoms with E-state index >= 15 is 0 Å². The number of Topliss-reactive ketones (excluding diaryl/α,β-unsaturated/α-hetero) is 1. The average molecular weight is 290 g/mol. The molecule has 112 valence electrons. The molecule has 2 aliphatic rings. The highest BCUT2D eigenvalue weighted by Crippen LogP contribution is 2.29. The Morgan fingerprint density at radius 3 is 2.76 bits per heavy atom. The van der Waals surface area contributed by atoms with E-state index in [0.29, 0.717) is 37.0 Å². The van der Waals surface area contributed by atoms with Gasteiger partial charge in [0.1, 0.15) is 17.1 Å². The SMILES string of the molecule is COc1cccc2c1C(=O)OCC[C@H]1CC(=O)C[C@H](C2)O1. The van der Waals surface area contributed by atoms with Gasteiger partial charge in [-0.15, -0.1) is 0 Å². The fourth-order valence-electron chi connectivity index (χ4n) is 3.00. The van der Waals surface area contributed by atoms with Crippen LogP contribution in [0.4, 0.5) is 0 Å². The van der Waals surface area contributed by atoms with Crippen molar-refractivity contribution in [2.24, 2.45) is 0 Å². The standard InChI is InChI=1S/C16H18O5/c1-19-14-4-2-3-10-7-13-9-11(17)8-12(21-13)5-6-20-16(18)15(10)14/h2-4,12-13H,5-9H2,1H3/t12-,13-/m0/s1. The van der Waals surface area contributed by atoms with Crippen molar-refractivity contribution in [3.8, 4) is 5.75 Å². The third-order valence-electron chi connectivity index (χ3n) is 3.95. The number of cyclic esters (lactones) is 1. The Labute approximate surface area is 123 Å². The first-order valence-corrected chi connectivity index (χ1v) is 7.17. The van der Waals surface area contributed by atoms with Crippen LogP contribution in [-0.4, -0.2) is 37.7 Å². The molecular weight excluding hydrogens is 272 g/mol. The van der Waals surface area contributed by atoms with Crippen LogP contribution in [-0.2, 0) is 20.7 Å². The Morgan fingerprint density at radius 2 is 1.95 bits per heavy atom. The molecule has 2 atom stereocenters. The first-order valence-electron chi connectivity index (χ1n) is 7.17. The lowest BCUT2D eigenvalue weighted by Crippen LogP contribution is -2.36. The molecule has 2 bridgehead atoms. The van der Waals surface area contributed by atoms with Crippen LogP contribution in [0.1, 0.15) is 35.2 Å². The second-order valence-electron chi connectivity index (χ2n) is 5.45. The van der Waals surface area contributed by atoms with Gasteiger partial charge in [-0.3, -0.25) is 4.79 Å². The molecule has 21 heavy (non-hydrogen) atoms. The minimum absolute atomic E-state index is 0.142. The van der Waals surface area contributed by atoms with Gasteiger partial charge in [0.05, 0.1) is 25.9 Å². The number of rotatable bonds is 1. The Bertz CT molecular complexity index is 566. The summed E-state index contributed by atoms with van der Waals surface area (Å²) >= 11 is 0. The van der Waals surface area contributed by atoms with E-state index in [-0.39, 0.29) is 30.6 Å². The van der Waals surface area contributed by atoms with Crippen LogP contribution in [0, 0.1) is 0 Å². The number of ether oxygens (including phenoxy) is 3. The number of hydrogen-bond acceptors (Lipinski definition) is 5.